The number of esters is 1. The predicted molar refractivity (Wildman–Crippen MR) is 76.6 cm³/mol. The summed E-state index contributed by atoms with van der Waals surface area (Å²) in [6.45, 7) is 2.01. The van der Waals surface area contributed by atoms with Crippen molar-refractivity contribution in [1.29, 1.82) is 0 Å². The first-order valence-electron chi connectivity index (χ1n) is 6.42. The molecule has 0 aliphatic heterocycles. The number of rotatable bonds is 3. The third-order valence-electron chi connectivity index (χ3n) is 2.99. The first-order valence-corrected chi connectivity index (χ1v) is 6.42. The number of nitrogen functional groups attached to an aromatic ring is 1. The van der Waals surface area contributed by atoms with Gasteiger partial charge in [-0.1, -0.05) is 0 Å². The van der Waals surface area contributed by atoms with Crippen LogP contribution in [0.15, 0.2) is 36.8 Å². The van der Waals surface area contributed by atoms with Gasteiger partial charge >= 0.3 is 5.97 Å². The van der Waals surface area contributed by atoms with Crippen LogP contribution in [0.3, 0.4) is 0 Å². The second-order valence-corrected chi connectivity index (χ2v) is 4.31. The summed E-state index contributed by atoms with van der Waals surface area (Å²) in [4.78, 5) is 20.0. The van der Waals surface area contributed by atoms with E-state index in [0.29, 0.717) is 11.3 Å². The monoisotopic (exact) mass is 283 g/mol. The van der Waals surface area contributed by atoms with Gasteiger partial charge in [0, 0.05) is 30.2 Å². The molecule has 0 spiro atoms. The third-order valence-corrected chi connectivity index (χ3v) is 2.99. The number of hydrogen-bond donors (Lipinski definition) is 1. The Labute approximate surface area is 120 Å². The SMILES string of the molecule is CCOC(=O)c1cnc2cc(-c3ccncc3)nn2c1N. The molecule has 0 fully saturated rings. The lowest BCUT2D eigenvalue weighted by Gasteiger charge is -2.05. The number of pyridine rings is 1. The van der Waals surface area contributed by atoms with E-state index in [0.717, 1.165) is 5.56 Å². The summed E-state index contributed by atoms with van der Waals surface area (Å²) in [6, 6.07) is 5.47. The Morgan fingerprint density at radius 1 is 1.38 bits per heavy atom. The molecule has 0 aliphatic rings. The molecule has 0 atom stereocenters. The van der Waals surface area contributed by atoms with Crippen molar-refractivity contribution >= 4 is 17.4 Å². The molecule has 3 aromatic heterocycles. The summed E-state index contributed by atoms with van der Waals surface area (Å²) in [6.07, 6.45) is 4.76. The number of anilines is 1. The molecule has 3 heterocycles. The lowest BCUT2D eigenvalue weighted by molar-refractivity contribution is 0.0526. The van der Waals surface area contributed by atoms with Gasteiger partial charge in [-0.15, -0.1) is 0 Å². The number of hydrogen-bond acceptors (Lipinski definition) is 6. The fourth-order valence-electron chi connectivity index (χ4n) is 1.98. The molecule has 0 aromatic carbocycles. The fraction of sp³-hybridized carbons (Fsp3) is 0.143. The number of nitrogens with two attached hydrogens (primary N) is 1. The summed E-state index contributed by atoms with van der Waals surface area (Å²) in [5.41, 5.74) is 8.36. The maximum atomic E-state index is 11.8. The first-order chi connectivity index (χ1) is 10.2. The van der Waals surface area contributed by atoms with E-state index in [1.165, 1.54) is 10.7 Å². The zero-order valence-electron chi connectivity index (χ0n) is 11.4. The number of ether oxygens (including phenoxy) is 1. The molecule has 0 saturated carbocycles. The van der Waals surface area contributed by atoms with E-state index >= 15 is 0 Å². The molecule has 0 aliphatic carbocycles. The molecule has 0 unspecified atom stereocenters. The highest BCUT2D eigenvalue weighted by atomic mass is 16.5. The molecule has 0 radical (unpaired) electrons. The maximum Gasteiger partial charge on any atom is 0.343 e. The van der Waals surface area contributed by atoms with Gasteiger partial charge in [0.25, 0.3) is 0 Å². The third kappa shape index (κ3) is 2.29. The molecule has 0 amide bonds. The Kier molecular flexibility index (Phi) is 3.23. The summed E-state index contributed by atoms with van der Waals surface area (Å²) in [5.74, 6) is -0.302. The van der Waals surface area contributed by atoms with Gasteiger partial charge in [-0.2, -0.15) is 9.61 Å². The van der Waals surface area contributed by atoms with Gasteiger partial charge in [0.1, 0.15) is 11.4 Å². The molecule has 7 heteroatoms. The zero-order valence-corrected chi connectivity index (χ0v) is 11.4. The smallest absolute Gasteiger partial charge is 0.343 e. The summed E-state index contributed by atoms with van der Waals surface area (Å²) in [5, 5.41) is 4.38. The van der Waals surface area contributed by atoms with E-state index < -0.39 is 5.97 Å². The average Bonchev–Trinajstić information content (AvgIpc) is 2.94. The van der Waals surface area contributed by atoms with E-state index in [1.807, 2.05) is 12.1 Å². The second-order valence-electron chi connectivity index (χ2n) is 4.31. The zero-order chi connectivity index (χ0) is 14.8. The Bertz CT molecular complexity index is 798. The van der Waals surface area contributed by atoms with Crippen LogP contribution >= 0.6 is 0 Å². The fourth-order valence-corrected chi connectivity index (χ4v) is 1.98. The van der Waals surface area contributed by atoms with Gasteiger partial charge in [-0.05, 0) is 19.1 Å². The minimum absolute atomic E-state index is 0.203. The summed E-state index contributed by atoms with van der Waals surface area (Å²) >= 11 is 0. The number of carbonyl (C=O) groups excluding carboxylic acids is 1. The van der Waals surface area contributed by atoms with Crippen LogP contribution in [0, 0.1) is 0 Å². The van der Waals surface area contributed by atoms with Crippen molar-refractivity contribution in [2.24, 2.45) is 0 Å². The van der Waals surface area contributed by atoms with Crippen molar-refractivity contribution in [2.45, 2.75) is 6.92 Å². The highest BCUT2D eigenvalue weighted by Gasteiger charge is 2.16. The van der Waals surface area contributed by atoms with Crippen LogP contribution < -0.4 is 5.73 Å². The molecule has 7 nitrogen and oxygen atoms in total. The molecule has 0 saturated heterocycles. The summed E-state index contributed by atoms with van der Waals surface area (Å²) < 4.78 is 6.37. The van der Waals surface area contributed by atoms with E-state index in [4.69, 9.17) is 10.5 Å². The predicted octanol–water partition coefficient (Wildman–Crippen LogP) is 1.55. The minimum atomic E-state index is -0.509. The van der Waals surface area contributed by atoms with Crippen LogP contribution in [-0.4, -0.2) is 32.2 Å². The van der Waals surface area contributed by atoms with E-state index in [-0.39, 0.29) is 18.0 Å². The molecule has 2 N–H and O–H groups in total. The standard InChI is InChI=1S/C14H13N5O2/c1-2-21-14(20)10-8-17-12-7-11(18-19(12)13(10)15)9-3-5-16-6-4-9/h3-8H,2,15H2,1H3. The lowest BCUT2D eigenvalue weighted by atomic mass is 10.2. The summed E-state index contributed by atoms with van der Waals surface area (Å²) in [7, 11) is 0. The first kappa shape index (κ1) is 13.0. The lowest BCUT2D eigenvalue weighted by Crippen LogP contribution is -2.12. The highest BCUT2D eigenvalue weighted by Crippen LogP contribution is 2.21. The number of fused-ring (bicyclic) bond motifs is 1. The topological polar surface area (TPSA) is 95.4 Å². The second kappa shape index (κ2) is 5.20. The van der Waals surface area contributed by atoms with Gasteiger partial charge in [-0.3, -0.25) is 4.98 Å². The Morgan fingerprint density at radius 3 is 2.86 bits per heavy atom. The quantitative estimate of drug-likeness (QED) is 0.733. The molecule has 3 aromatic rings. The van der Waals surface area contributed by atoms with Gasteiger partial charge in [-0.25, -0.2) is 9.78 Å². The molecular weight excluding hydrogens is 270 g/mol. The molecule has 0 bridgehead atoms. The van der Waals surface area contributed by atoms with Crippen molar-refractivity contribution in [3.05, 3.63) is 42.4 Å². The Morgan fingerprint density at radius 2 is 2.14 bits per heavy atom. The Hall–Kier alpha value is -2.96. The van der Waals surface area contributed by atoms with Crippen LogP contribution in [-0.2, 0) is 4.74 Å². The maximum absolute atomic E-state index is 11.8. The van der Waals surface area contributed by atoms with Gasteiger partial charge in [0.05, 0.1) is 12.3 Å². The average molecular weight is 283 g/mol. The largest absolute Gasteiger partial charge is 0.462 e. The van der Waals surface area contributed by atoms with Gasteiger partial charge in [0.15, 0.2) is 5.65 Å². The van der Waals surface area contributed by atoms with Gasteiger partial charge in [0.2, 0.25) is 0 Å². The van der Waals surface area contributed by atoms with Crippen molar-refractivity contribution < 1.29 is 9.53 Å². The normalized spacial score (nSPS) is 10.7. The molecule has 106 valence electrons. The number of carbonyl (C=O) groups is 1. The molecule has 3 rings (SSSR count). The van der Waals surface area contributed by atoms with Crippen molar-refractivity contribution in [3.63, 3.8) is 0 Å². The van der Waals surface area contributed by atoms with Crippen LogP contribution in [0.5, 0.6) is 0 Å². The van der Waals surface area contributed by atoms with E-state index in [1.54, 1.807) is 25.4 Å². The number of aromatic nitrogens is 4. The molecule has 21 heavy (non-hydrogen) atoms. The van der Waals surface area contributed by atoms with Crippen LogP contribution in [0.25, 0.3) is 16.9 Å². The van der Waals surface area contributed by atoms with Crippen molar-refractivity contribution in [1.82, 2.24) is 19.6 Å². The van der Waals surface area contributed by atoms with E-state index in [9.17, 15) is 4.79 Å². The van der Waals surface area contributed by atoms with Crippen molar-refractivity contribution in [2.75, 3.05) is 12.3 Å². The highest BCUT2D eigenvalue weighted by molar-refractivity contribution is 5.94. The molecular formula is C14H13N5O2. The van der Waals surface area contributed by atoms with Crippen molar-refractivity contribution in [3.8, 4) is 11.3 Å². The van der Waals surface area contributed by atoms with Crippen LogP contribution in [0.1, 0.15) is 17.3 Å². The number of nitrogens with zero attached hydrogens (tertiary/aromatic N) is 4. The minimum Gasteiger partial charge on any atom is -0.462 e. The van der Waals surface area contributed by atoms with Crippen LogP contribution in [0.4, 0.5) is 5.82 Å². The van der Waals surface area contributed by atoms with Crippen LogP contribution in [0.2, 0.25) is 0 Å². The van der Waals surface area contributed by atoms with E-state index in [2.05, 4.69) is 15.1 Å². The Balaban J connectivity index is 2.10. The van der Waals surface area contributed by atoms with Gasteiger partial charge < -0.3 is 10.5 Å².